The maximum Gasteiger partial charge on any atom is 0.638 e. The SMILES string of the molecule is O=C(C[n+]1c(O)[n+](-c2ccccc2)c(O)c2cc(Br)ccc21)Nc1ccc(F)cc1. The molecule has 1 amide bonds. The molecule has 0 radical (unpaired) electrons. The van der Waals surface area contributed by atoms with E-state index in [1.165, 1.54) is 33.4 Å². The molecule has 8 heteroatoms. The summed E-state index contributed by atoms with van der Waals surface area (Å²) in [7, 11) is 0. The van der Waals surface area contributed by atoms with Gasteiger partial charge in [0.1, 0.15) is 5.82 Å². The molecule has 0 fully saturated rings. The predicted octanol–water partition coefficient (Wildman–Crippen LogP) is 3.36. The molecule has 6 nitrogen and oxygen atoms in total. The highest BCUT2D eigenvalue weighted by Crippen LogP contribution is 2.26. The van der Waals surface area contributed by atoms with E-state index >= 15 is 0 Å². The monoisotopic (exact) mass is 469 g/mol. The number of aromatic hydroxyl groups is 2. The van der Waals surface area contributed by atoms with E-state index in [1.807, 2.05) is 6.07 Å². The highest BCUT2D eigenvalue weighted by molar-refractivity contribution is 9.10. The summed E-state index contributed by atoms with van der Waals surface area (Å²) >= 11 is 3.39. The van der Waals surface area contributed by atoms with Gasteiger partial charge < -0.3 is 15.5 Å². The number of carbonyl (C=O) groups is 1. The van der Waals surface area contributed by atoms with Gasteiger partial charge in [-0.05, 0) is 41.0 Å². The first-order valence-electron chi connectivity index (χ1n) is 9.04. The summed E-state index contributed by atoms with van der Waals surface area (Å²) in [6.07, 6.45) is 0. The minimum Gasteiger partial charge on any atom is -0.459 e. The Morgan fingerprint density at radius 2 is 1.70 bits per heavy atom. The number of halogens is 2. The molecule has 3 N–H and O–H groups in total. The second-order valence-corrected chi connectivity index (χ2v) is 7.51. The Morgan fingerprint density at radius 1 is 1.00 bits per heavy atom. The van der Waals surface area contributed by atoms with Crippen molar-refractivity contribution in [3.8, 4) is 17.6 Å². The van der Waals surface area contributed by atoms with Crippen LogP contribution in [0.3, 0.4) is 0 Å². The maximum absolute atomic E-state index is 13.1. The number of aromatic nitrogens is 2. The number of benzene rings is 3. The maximum atomic E-state index is 13.1. The smallest absolute Gasteiger partial charge is 0.459 e. The molecule has 0 bridgehead atoms. The zero-order chi connectivity index (χ0) is 21.3. The average molecular weight is 470 g/mol. The fourth-order valence-electron chi connectivity index (χ4n) is 3.21. The highest BCUT2D eigenvalue weighted by Gasteiger charge is 2.36. The Hall–Kier alpha value is -3.52. The molecule has 3 aromatic carbocycles. The quantitative estimate of drug-likeness (QED) is 0.401. The van der Waals surface area contributed by atoms with Gasteiger partial charge in [-0.25, -0.2) is 4.39 Å². The predicted molar refractivity (Wildman–Crippen MR) is 112 cm³/mol. The third-order valence-corrected chi connectivity index (χ3v) is 5.08. The van der Waals surface area contributed by atoms with Gasteiger partial charge >= 0.3 is 11.9 Å². The number of hydrogen-bond acceptors (Lipinski definition) is 3. The number of para-hydroxylation sites is 1. The van der Waals surface area contributed by atoms with Crippen LogP contribution in [0.1, 0.15) is 0 Å². The van der Waals surface area contributed by atoms with E-state index in [9.17, 15) is 19.4 Å². The zero-order valence-electron chi connectivity index (χ0n) is 15.6. The minimum absolute atomic E-state index is 0.162. The molecule has 1 heterocycles. The van der Waals surface area contributed by atoms with Crippen LogP contribution in [0, 0.1) is 5.82 Å². The lowest BCUT2D eigenvalue weighted by atomic mass is 10.2. The van der Waals surface area contributed by atoms with E-state index in [-0.39, 0.29) is 18.4 Å². The van der Waals surface area contributed by atoms with Gasteiger partial charge in [0.15, 0.2) is 5.39 Å². The van der Waals surface area contributed by atoms with Crippen LogP contribution in [-0.2, 0) is 11.3 Å². The summed E-state index contributed by atoms with van der Waals surface area (Å²) in [4.78, 5) is 12.6. The number of anilines is 1. The van der Waals surface area contributed by atoms with Crippen LogP contribution in [0.4, 0.5) is 10.1 Å². The number of fused-ring (bicyclic) bond motifs is 1. The van der Waals surface area contributed by atoms with Crippen LogP contribution in [-0.4, -0.2) is 16.1 Å². The summed E-state index contributed by atoms with van der Waals surface area (Å²) in [6.45, 7) is -0.228. The molecule has 4 rings (SSSR count). The summed E-state index contributed by atoms with van der Waals surface area (Å²) in [5, 5.41) is 24.9. The van der Waals surface area contributed by atoms with Crippen molar-refractivity contribution < 1.29 is 28.5 Å². The number of carbonyl (C=O) groups excluding carboxylic acids is 1. The third kappa shape index (κ3) is 3.81. The van der Waals surface area contributed by atoms with Crippen LogP contribution in [0.2, 0.25) is 0 Å². The van der Waals surface area contributed by atoms with E-state index in [4.69, 9.17) is 0 Å². The molecular formula is C22H17BrFN3O3+2. The standard InChI is InChI=1S/C22H15BrFN3O3/c23-14-6-11-19-18(12-14)21(29)27(17-4-2-1-3-5-17)22(30)26(19)13-20(28)25-16-9-7-15(24)8-10-16/h1-12H,13H2,(H,25,28)/p+2. The largest absolute Gasteiger partial charge is 0.638 e. The number of rotatable bonds is 4. The van der Waals surface area contributed by atoms with Gasteiger partial charge in [-0.3, -0.25) is 4.79 Å². The Kier molecular flexibility index (Phi) is 5.33. The Morgan fingerprint density at radius 3 is 2.40 bits per heavy atom. The molecule has 0 unspecified atom stereocenters. The normalized spacial score (nSPS) is 10.9. The Bertz CT molecular complexity index is 1250. The zero-order valence-corrected chi connectivity index (χ0v) is 17.2. The Balaban J connectivity index is 1.82. The third-order valence-electron chi connectivity index (χ3n) is 4.59. The molecule has 0 atom stereocenters. The summed E-state index contributed by atoms with van der Waals surface area (Å²) in [5.74, 6) is -0.986. The van der Waals surface area contributed by atoms with Gasteiger partial charge in [0, 0.05) is 28.4 Å². The van der Waals surface area contributed by atoms with E-state index in [0.717, 1.165) is 4.47 Å². The molecule has 0 saturated carbocycles. The fourth-order valence-corrected chi connectivity index (χ4v) is 3.58. The van der Waals surface area contributed by atoms with Gasteiger partial charge in [-0.2, -0.15) is 0 Å². The average Bonchev–Trinajstić information content (AvgIpc) is 2.74. The first-order chi connectivity index (χ1) is 14.4. The van der Waals surface area contributed by atoms with Crippen molar-refractivity contribution in [1.82, 2.24) is 0 Å². The first-order valence-corrected chi connectivity index (χ1v) is 9.83. The van der Waals surface area contributed by atoms with Gasteiger partial charge in [-0.1, -0.05) is 38.7 Å². The van der Waals surface area contributed by atoms with Crippen LogP contribution in [0.15, 0.2) is 77.3 Å². The van der Waals surface area contributed by atoms with Gasteiger partial charge in [0.05, 0.1) is 0 Å². The van der Waals surface area contributed by atoms with Crippen molar-refractivity contribution in [3.63, 3.8) is 0 Å². The number of amides is 1. The van der Waals surface area contributed by atoms with Crippen LogP contribution in [0.5, 0.6) is 11.9 Å². The number of nitrogens with one attached hydrogen (secondary N) is 1. The lowest BCUT2D eigenvalue weighted by molar-refractivity contribution is -0.774. The van der Waals surface area contributed by atoms with Crippen LogP contribution < -0.4 is 14.5 Å². The lowest BCUT2D eigenvalue weighted by Crippen LogP contribution is -2.49. The van der Waals surface area contributed by atoms with E-state index in [0.29, 0.717) is 22.3 Å². The topological polar surface area (TPSA) is 77.3 Å². The van der Waals surface area contributed by atoms with Gasteiger partial charge in [0.2, 0.25) is 17.7 Å². The second kappa shape index (κ2) is 8.08. The molecule has 150 valence electrons. The summed E-state index contributed by atoms with van der Waals surface area (Å²) in [5.41, 5.74) is 1.43. The number of hydrogen-bond donors (Lipinski definition) is 3. The molecule has 4 aromatic rings. The number of nitrogens with zero attached hydrogens (tertiary/aromatic N) is 2. The fraction of sp³-hybridized carbons (Fsp3) is 0.0455. The molecule has 0 aliphatic heterocycles. The lowest BCUT2D eigenvalue weighted by Gasteiger charge is -2.06. The van der Waals surface area contributed by atoms with Crippen molar-refractivity contribution in [2.24, 2.45) is 0 Å². The van der Waals surface area contributed by atoms with Crippen LogP contribution >= 0.6 is 15.9 Å². The first kappa shape index (κ1) is 19.8. The Labute approximate surface area is 179 Å². The van der Waals surface area contributed by atoms with Crippen molar-refractivity contribution in [1.29, 1.82) is 0 Å². The molecule has 1 aromatic heterocycles. The minimum atomic E-state index is -0.420. The van der Waals surface area contributed by atoms with Gasteiger partial charge in [-0.15, -0.1) is 0 Å². The molecule has 0 spiro atoms. The van der Waals surface area contributed by atoms with E-state index in [1.54, 1.807) is 42.5 Å². The van der Waals surface area contributed by atoms with Gasteiger partial charge in [0.25, 0.3) is 5.91 Å². The summed E-state index contributed by atoms with van der Waals surface area (Å²) < 4.78 is 16.5. The molecular weight excluding hydrogens is 453 g/mol. The highest BCUT2D eigenvalue weighted by atomic mass is 79.9. The van der Waals surface area contributed by atoms with E-state index < -0.39 is 11.7 Å². The molecule has 0 aliphatic rings. The van der Waals surface area contributed by atoms with Crippen molar-refractivity contribution in [2.45, 2.75) is 6.54 Å². The van der Waals surface area contributed by atoms with E-state index in [2.05, 4.69) is 21.2 Å². The van der Waals surface area contributed by atoms with Crippen LogP contribution in [0.25, 0.3) is 16.6 Å². The molecule has 30 heavy (non-hydrogen) atoms. The summed E-state index contributed by atoms with van der Waals surface area (Å²) in [6, 6.07) is 19.1. The second-order valence-electron chi connectivity index (χ2n) is 6.60. The van der Waals surface area contributed by atoms with Crippen molar-refractivity contribution >= 4 is 38.4 Å². The van der Waals surface area contributed by atoms with Crippen molar-refractivity contribution in [3.05, 3.63) is 83.1 Å². The van der Waals surface area contributed by atoms with Crippen molar-refractivity contribution in [2.75, 3.05) is 5.32 Å². The molecule has 0 saturated heterocycles. The molecule has 0 aliphatic carbocycles.